The molecule has 7 nitrogen and oxygen atoms in total. The van der Waals surface area contributed by atoms with Crippen LogP contribution >= 0.6 is 11.8 Å². The van der Waals surface area contributed by atoms with Gasteiger partial charge in [-0.15, -0.1) is 0 Å². The normalized spacial score (nSPS) is 16.7. The summed E-state index contributed by atoms with van der Waals surface area (Å²) >= 11 is 1.44. The minimum atomic E-state index is -3.44. The number of aromatic nitrogens is 3. The molecule has 3 heterocycles. The predicted octanol–water partition coefficient (Wildman–Crippen LogP) is 3.23. The van der Waals surface area contributed by atoms with Gasteiger partial charge in [0.05, 0.1) is 10.8 Å². The highest BCUT2D eigenvalue weighted by molar-refractivity contribution is 7.98. The third kappa shape index (κ3) is 4.44. The van der Waals surface area contributed by atoms with Crippen LogP contribution in [0, 0.1) is 0 Å². The molecule has 0 aromatic carbocycles. The van der Waals surface area contributed by atoms with Crippen molar-refractivity contribution in [3.8, 4) is 0 Å². The van der Waals surface area contributed by atoms with E-state index in [1.807, 2.05) is 20.8 Å². The molecular formula is C17H24N4O3S2. The van der Waals surface area contributed by atoms with Crippen LogP contribution in [0.25, 0.3) is 0 Å². The van der Waals surface area contributed by atoms with Gasteiger partial charge in [-0.3, -0.25) is 0 Å². The quantitative estimate of drug-likeness (QED) is 0.717. The van der Waals surface area contributed by atoms with Gasteiger partial charge >= 0.3 is 0 Å². The Bertz CT molecular complexity index is 836. The van der Waals surface area contributed by atoms with Gasteiger partial charge in [0.1, 0.15) is 4.90 Å². The Labute approximate surface area is 158 Å². The molecular weight excluding hydrogens is 372 g/mol. The van der Waals surface area contributed by atoms with Gasteiger partial charge in [-0.05, 0) is 25.0 Å². The molecule has 0 unspecified atom stereocenters. The first kappa shape index (κ1) is 19.3. The summed E-state index contributed by atoms with van der Waals surface area (Å²) in [5.74, 6) is 1.70. The summed E-state index contributed by atoms with van der Waals surface area (Å²) < 4.78 is 32.0. The molecule has 142 valence electrons. The Morgan fingerprint density at radius 3 is 2.50 bits per heavy atom. The minimum Gasteiger partial charge on any atom is -0.338 e. The maximum absolute atomic E-state index is 12.6. The highest BCUT2D eigenvalue weighted by Crippen LogP contribution is 2.25. The molecule has 0 amide bonds. The van der Waals surface area contributed by atoms with E-state index in [2.05, 4.69) is 15.1 Å². The van der Waals surface area contributed by atoms with Gasteiger partial charge in [0.2, 0.25) is 15.9 Å². The summed E-state index contributed by atoms with van der Waals surface area (Å²) in [4.78, 5) is 8.91. The van der Waals surface area contributed by atoms with E-state index in [0.717, 1.165) is 24.3 Å². The molecule has 0 N–H and O–H groups in total. The van der Waals surface area contributed by atoms with Gasteiger partial charge in [-0.2, -0.15) is 9.29 Å². The van der Waals surface area contributed by atoms with Crippen LogP contribution in [0.5, 0.6) is 0 Å². The molecule has 0 bridgehead atoms. The topological polar surface area (TPSA) is 89.2 Å². The molecule has 26 heavy (non-hydrogen) atoms. The van der Waals surface area contributed by atoms with E-state index < -0.39 is 10.0 Å². The highest BCUT2D eigenvalue weighted by Gasteiger charge is 2.26. The molecule has 0 saturated carbocycles. The summed E-state index contributed by atoms with van der Waals surface area (Å²) in [6.45, 7) is 7.26. The third-order valence-corrected chi connectivity index (χ3v) is 6.96. The number of thioether (sulfide) groups is 1. The summed E-state index contributed by atoms with van der Waals surface area (Å²) in [5.41, 5.74) is -0.158. The van der Waals surface area contributed by atoms with Crippen LogP contribution in [-0.4, -0.2) is 40.9 Å². The lowest BCUT2D eigenvalue weighted by atomic mass is 9.96. The number of nitrogens with zero attached hydrogens (tertiary/aromatic N) is 4. The average Bonchev–Trinajstić information content (AvgIpc) is 3.10. The van der Waals surface area contributed by atoms with Crippen molar-refractivity contribution in [2.75, 3.05) is 13.1 Å². The zero-order valence-electron chi connectivity index (χ0n) is 15.3. The van der Waals surface area contributed by atoms with Gasteiger partial charge in [-0.1, -0.05) is 44.1 Å². The van der Waals surface area contributed by atoms with E-state index in [1.165, 1.54) is 18.0 Å². The van der Waals surface area contributed by atoms with Crippen LogP contribution in [0.1, 0.15) is 51.7 Å². The van der Waals surface area contributed by atoms with E-state index in [1.54, 1.807) is 16.4 Å². The number of pyridine rings is 1. The molecule has 0 atom stereocenters. The fraction of sp³-hybridized carbons (Fsp3) is 0.588. The Morgan fingerprint density at radius 2 is 1.92 bits per heavy atom. The molecule has 0 spiro atoms. The largest absolute Gasteiger partial charge is 0.338 e. The van der Waals surface area contributed by atoms with Crippen LogP contribution in [-0.2, 0) is 21.2 Å². The average molecular weight is 397 g/mol. The summed E-state index contributed by atoms with van der Waals surface area (Å²) in [6, 6.07) is 3.34. The molecule has 2 aromatic rings. The molecule has 1 aliphatic heterocycles. The third-order valence-electron chi connectivity index (χ3n) is 4.14. The number of hydrogen-bond acceptors (Lipinski definition) is 7. The summed E-state index contributed by atoms with van der Waals surface area (Å²) in [6.07, 6.45) is 4.36. The lowest BCUT2D eigenvalue weighted by Crippen LogP contribution is -2.35. The van der Waals surface area contributed by atoms with Gasteiger partial charge in [0.15, 0.2) is 5.82 Å². The lowest BCUT2D eigenvalue weighted by molar-refractivity contribution is 0.346. The van der Waals surface area contributed by atoms with E-state index in [9.17, 15) is 8.42 Å². The first-order valence-electron chi connectivity index (χ1n) is 8.69. The first-order chi connectivity index (χ1) is 12.3. The van der Waals surface area contributed by atoms with Crippen LogP contribution in [0.3, 0.4) is 0 Å². The second kappa shape index (κ2) is 7.66. The van der Waals surface area contributed by atoms with Crippen LogP contribution in [0.2, 0.25) is 0 Å². The molecule has 2 aromatic heterocycles. The fourth-order valence-corrected chi connectivity index (χ4v) is 4.76. The standard InChI is InChI=1S/C17H24N4O3S2/c1-17(2,3)16-19-14(24-20-16)12-25-15-8-7-13(11-18-15)26(22,23)21-9-5-4-6-10-21/h7-8,11H,4-6,9-10,12H2,1-3H3. The smallest absolute Gasteiger partial charge is 0.244 e. The van der Waals surface area contributed by atoms with Crippen LogP contribution < -0.4 is 0 Å². The minimum absolute atomic E-state index is 0.158. The van der Waals surface area contributed by atoms with Crippen molar-refractivity contribution < 1.29 is 12.9 Å². The lowest BCUT2D eigenvalue weighted by Gasteiger charge is -2.25. The maximum Gasteiger partial charge on any atom is 0.244 e. The second-order valence-corrected chi connectivity index (χ2v) is 10.3. The Kier molecular flexibility index (Phi) is 5.69. The number of piperidine rings is 1. The fourth-order valence-electron chi connectivity index (χ4n) is 2.61. The van der Waals surface area contributed by atoms with Crippen molar-refractivity contribution in [2.45, 2.75) is 61.1 Å². The van der Waals surface area contributed by atoms with Crippen molar-refractivity contribution in [1.29, 1.82) is 0 Å². The van der Waals surface area contributed by atoms with Gasteiger partial charge < -0.3 is 4.52 Å². The Balaban J connectivity index is 1.63. The van der Waals surface area contributed by atoms with E-state index in [-0.39, 0.29) is 10.3 Å². The number of sulfonamides is 1. The van der Waals surface area contributed by atoms with E-state index in [0.29, 0.717) is 30.6 Å². The summed E-state index contributed by atoms with van der Waals surface area (Å²) in [5, 5.41) is 4.71. The van der Waals surface area contributed by atoms with Gasteiger partial charge in [-0.25, -0.2) is 13.4 Å². The van der Waals surface area contributed by atoms with E-state index in [4.69, 9.17) is 4.52 Å². The zero-order chi connectivity index (χ0) is 18.8. The van der Waals surface area contributed by atoms with Crippen molar-refractivity contribution in [2.24, 2.45) is 0 Å². The number of hydrogen-bond donors (Lipinski definition) is 0. The van der Waals surface area contributed by atoms with Gasteiger partial charge in [0, 0.05) is 24.7 Å². The molecule has 1 saturated heterocycles. The van der Waals surface area contributed by atoms with Crippen LogP contribution in [0.4, 0.5) is 0 Å². The van der Waals surface area contributed by atoms with Crippen molar-refractivity contribution >= 4 is 21.8 Å². The number of rotatable bonds is 5. The van der Waals surface area contributed by atoms with Crippen molar-refractivity contribution in [3.05, 3.63) is 30.0 Å². The maximum atomic E-state index is 12.6. The van der Waals surface area contributed by atoms with Crippen LogP contribution in [0.15, 0.2) is 32.8 Å². The first-order valence-corrected chi connectivity index (χ1v) is 11.1. The van der Waals surface area contributed by atoms with Gasteiger partial charge in [0.25, 0.3) is 0 Å². The molecule has 9 heteroatoms. The summed E-state index contributed by atoms with van der Waals surface area (Å²) in [7, 11) is -3.44. The molecule has 1 aliphatic rings. The molecule has 0 radical (unpaired) electrons. The second-order valence-electron chi connectivity index (χ2n) is 7.35. The monoisotopic (exact) mass is 396 g/mol. The Hall–Kier alpha value is -1.45. The highest BCUT2D eigenvalue weighted by atomic mass is 32.2. The molecule has 1 fully saturated rings. The van der Waals surface area contributed by atoms with Crippen molar-refractivity contribution in [3.63, 3.8) is 0 Å². The van der Waals surface area contributed by atoms with Crippen molar-refractivity contribution in [1.82, 2.24) is 19.4 Å². The molecule has 0 aliphatic carbocycles. The predicted molar refractivity (Wildman–Crippen MR) is 99.4 cm³/mol. The van der Waals surface area contributed by atoms with E-state index >= 15 is 0 Å². The molecule has 3 rings (SSSR count). The Morgan fingerprint density at radius 1 is 1.19 bits per heavy atom. The SMILES string of the molecule is CC(C)(C)c1noc(CSc2ccc(S(=O)(=O)N3CCCCC3)cn2)n1. The zero-order valence-corrected chi connectivity index (χ0v) is 16.9.